The van der Waals surface area contributed by atoms with E-state index in [1.165, 1.54) is 177 Å². The van der Waals surface area contributed by atoms with E-state index in [0.29, 0.717) is 35.5 Å². The quantitative estimate of drug-likeness (QED) is 0.186. The number of benzene rings is 9. The zero-order valence-electron chi connectivity index (χ0n) is 81.6. The minimum absolute atomic E-state index is 0. The van der Waals surface area contributed by atoms with Crippen LogP contribution in [-0.4, -0.2) is 40.9 Å². The first-order chi connectivity index (χ1) is 60.0. The molecule has 0 aliphatic carbocycles. The molecule has 0 atom stereocenters. The van der Waals surface area contributed by atoms with E-state index in [2.05, 4.69) is 300 Å². The van der Waals surface area contributed by atoms with Crippen molar-refractivity contribution in [3.8, 4) is 69.8 Å². The fourth-order valence-electron chi connectivity index (χ4n) is 9.12. The summed E-state index contributed by atoms with van der Waals surface area (Å²) in [7, 11) is 0. The predicted octanol–water partition coefficient (Wildman–Crippen LogP) is 5.49. The van der Waals surface area contributed by atoms with E-state index >= 15 is 0 Å². The second-order valence-corrected chi connectivity index (χ2v) is 29.7. The van der Waals surface area contributed by atoms with Crippen LogP contribution in [0.5, 0.6) is 69.8 Å². The van der Waals surface area contributed by atoms with Gasteiger partial charge in [-0.3, -0.25) is 29.9 Å². The molecule has 6 aromatic heterocycles. The summed E-state index contributed by atoms with van der Waals surface area (Å²) in [5.74, 6) is -3.50. The van der Waals surface area contributed by atoms with Crippen LogP contribution in [0.15, 0.2) is 365 Å². The van der Waals surface area contributed by atoms with Crippen molar-refractivity contribution in [3.05, 3.63) is 432 Å². The van der Waals surface area contributed by atoms with Crippen molar-refractivity contribution in [3.63, 3.8) is 0 Å². The molecule has 0 aliphatic rings. The molecule has 9 aromatic carbocycles. The Hall–Kier alpha value is -9.80. The molecule has 0 fully saturated rings. The zero-order chi connectivity index (χ0) is 94.0. The third-order valence-electron chi connectivity index (χ3n) is 16.9. The second-order valence-electron chi connectivity index (χ2n) is 29.7. The number of hydrogen-bond donors (Lipinski definition) is 0. The third kappa shape index (κ3) is 79.0. The molecule has 15 rings (SSSR count). The molecule has 0 unspecified atom stereocenters. The summed E-state index contributed by atoms with van der Waals surface area (Å²) in [5, 5.41) is 123. The van der Waals surface area contributed by atoms with Crippen LogP contribution < -0.4 is 108 Å². The van der Waals surface area contributed by atoms with E-state index in [1.54, 1.807) is 0 Å². The zero-order valence-corrected chi connectivity index (χ0v) is 92.0. The summed E-state index contributed by atoms with van der Waals surface area (Å²) in [4.78, 5) is 19.3. The minimum Gasteiger partial charge on any atom is -1.00 e. The summed E-state index contributed by atoms with van der Waals surface area (Å²) in [6.07, 6.45) is 7.77. The van der Waals surface area contributed by atoms with Gasteiger partial charge in [0.25, 0.3) is 0 Å². The molecule has 30 heteroatoms. The largest absolute Gasteiger partial charge is 2.00 e. The number of pyridine rings is 6. The summed E-state index contributed by atoms with van der Waals surface area (Å²) in [5.41, 5.74) is 16.6. The van der Waals surface area contributed by atoms with Crippen molar-refractivity contribution in [2.75, 3.05) is 0 Å². The smallest absolute Gasteiger partial charge is 1.00 e. The first kappa shape index (κ1) is 154. The van der Waals surface area contributed by atoms with Crippen LogP contribution in [0.25, 0.3) is 0 Å². The molecule has 0 saturated heterocycles. The van der Waals surface area contributed by atoms with Crippen molar-refractivity contribution in [2.45, 2.75) is 160 Å². The van der Waals surface area contributed by atoms with Crippen molar-refractivity contribution >= 4 is 0 Å². The summed E-state index contributed by atoms with van der Waals surface area (Å²) < 4.78 is 0. The molecule has 6 heterocycles. The topological polar surface area (TPSA) is 417 Å². The summed E-state index contributed by atoms with van der Waals surface area (Å²) in [6.45, 7) is 39.2. The van der Waals surface area contributed by atoms with Gasteiger partial charge in [0.2, 0.25) is 0 Å². The molecular weight excluding hydrogens is 2260 g/mol. The average Bonchev–Trinajstić information content (AvgIpc) is 0.913. The summed E-state index contributed by atoms with van der Waals surface area (Å²) in [6, 6.07) is 104. The maximum absolute atomic E-state index is 10.2. The maximum Gasteiger partial charge on any atom is 2.00 e. The maximum atomic E-state index is 10.2. The van der Waals surface area contributed by atoms with Crippen molar-refractivity contribution in [1.82, 2.24) is 29.9 Å². The van der Waals surface area contributed by atoms with Crippen LogP contribution in [0, 0.1) is 41.5 Å². The Morgan fingerprint density at radius 3 is 0.304 bits per heavy atom. The van der Waals surface area contributed by atoms with Crippen LogP contribution in [0.4, 0.5) is 0 Å². The normalized spacial score (nSPS) is 8.70. The van der Waals surface area contributed by atoms with Gasteiger partial charge in [0.15, 0.2) is 0 Å². The van der Waals surface area contributed by atoms with Gasteiger partial charge in [-0.2, -0.15) is 0 Å². The Morgan fingerprint density at radius 2 is 0.246 bits per heavy atom. The second kappa shape index (κ2) is 94.8. The molecule has 15 aromatic rings. The number of aromatic nitrogens is 6. The van der Waals surface area contributed by atoms with Gasteiger partial charge in [0, 0.05) is 37.2 Å². The number of hydrogen-bond acceptors (Lipinski definition) is 18. The van der Waals surface area contributed by atoms with Crippen molar-refractivity contribution < 1.29 is 236 Å². The Labute approximate surface area is 918 Å². The Morgan fingerprint density at radius 1 is 0.159 bits per heavy atom. The summed E-state index contributed by atoms with van der Waals surface area (Å²) >= 11 is 0. The standard InChI is InChI=1S/6C10H14.3C6H6.6C5H5NO2.2FH.2Li.2H2O.6Ru/c6*1-8(2)10-6-4-9(3)5-7-10;3*1-2-4-6-5-3-1;6*7-4-2-1-3-6-5(4)8;;;;;;;;;;;;/h6*4-8H,1-3H3;3*1-6H;6*1-3,7H,(H,6,8);2*1H;;;2*1H2;;;;;;/q;;;;;;;;;;;;;;;;;2*+1;;;6*+2/p-14. The fourth-order valence-corrected chi connectivity index (χ4v) is 9.12. The first-order valence-corrected chi connectivity index (χ1v) is 41.2. The molecule has 20 nitrogen and oxygen atoms in total. The average molecular weight is 2390 g/mol. The van der Waals surface area contributed by atoms with E-state index in [-0.39, 0.29) is 175 Å². The van der Waals surface area contributed by atoms with Gasteiger partial charge in [0.05, 0.1) is 0 Å². The van der Waals surface area contributed by atoms with E-state index in [0.717, 1.165) is 0 Å². The predicted molar refractivity (Wildman–Crippen MR) is 497 cm³/mol. The molecule has 0 bridgehead atoms. The first-order valence-electron chi connectivity index (χ1n) is 41.2. The van der Waals surface area contributed by atoms with Gasteiger partial charge < -0.3 is 81.6 Å². The number of rotatable bonds is 6. The number of halogens is 2. The van der Waals surface area contributed by atoms with Gasteiger partial charge in [-0.05, 0) is 182 Å². The van der Waals surface area contributed by atoms with E-state index in [1.807, 2.05) is 109 Å². The molecule has 0 saturated carbocycles. The van der Waals surface area contributed by atoms with Gasteiger partial charge in [-0.25, -0.2) is 0 Å². The van der Waals surface area contributed by atoms with Gasteiger partial charge >= 0.3 is 155 Å². The van der Waals surface area contributed by atoms with Crippen LogP contribution in [0.3, 0.4) is 0 Å². The van der Waals surface area contributed by atoms with Crippen LogP contribution in [0.1, 0.15) is 185 Å². The molecule has 138 heavy (non-hydrogen) atoms. The van der Waals surface area contributed by atoms with Crippen molar-refractivity contribution in [1.29, 1.82) is 0 Å². The Bertz CT molecular complexity index is 4220. The van der Waals surface area contributed by atoms with Crippen LogP contribution in [0.2, 0.25) is 0 Å². The van der Waals surface area contributed by atoms with E-state index in [4.69, 9.17) is 0 Å². The molecule has 0 aliphatic heterocycles. The number of aryl methyl sites for hydroxylation is 6. The molecule has 0 spiro atoms. The molecule has 0 amide bonds. The number of nitrogens with zero attached hydrogens (tertiary/aromatic N) is 6. The molecule has 734 valence electrons. The molecular formula is C108H124F2Li2N6O14Ru6. The van der Waals surface area contributed by atoms with Gasteiger partial charge in [0.1, 0.15) is 0 Å². The van der Waals surface area contributed by atoms with Gasteiger partial charge in [-0.15, -0.1) is 0 Å². The molecule has 4 N–H and O–H groups in total. The van der Waals surface area contributed by atoms with Crippen LogP contribution in [-0.2, 0) is 117 Å². The van der Waals surface area contributed by atoms with Crippen molar-refractivity contribution in [2.24, 2.45) is 0 Å². The van der Waals surface area contributed by atoms with E-state index < -0.39 is 69.8 Å². The van der Waals surface area contributed by atoms with Crippen LogP contribution >= 0.6 is 0 Å². The van der Waals surface area contributed by atoms with Gasteiger partial charge in [-0.1, -0.05) is 442 Å². The molecule has 0 radical (unpaired) electrons. The third-order valence-corrected chi connectivity index (χ3v) is 16.9. The van der Waals surface area contributed by atoms with E-state index in [9.17, 15) is 61.3 Å². The SMILES string of the molecule is Cc1ccc(C(C)C)cc1.Cc1ccc(C(C)C)cc1.Cc1ccc(C(C)C)cc1.Cc1ccc(C(C)C)cc1.Cc1ccc(C(C)C)cc1.Cc1ccc(C(C)C)cc1.O.O.[F-].[F-].[Li+].[Li+].[O-]c1cccnc1[O-].[O-]c1cccnc1[O-].[O-]c1cccnc1[O-].[O-]c1cccnc1[O-].[O-]c1cccnc1[O-].[O-]c1cccnc1[O-].[Ru+2].[Ru+2].[Ru+2].[Ru+2].[Ru+2].[Ru+2].c1ccccc1.c1ccccc1.c1ccccc1. The minimum atomic E-state index is -0.687. The Kier molecular flexibility index (Phi) is 105. The monoisotopic (exact) mass is 2390 g/mol. The fraction of sp³-hybridized carbons (Fsp3) is 0.222. The Balaban J connectivity index is -0.000000123.